The number of hydrogen-bond donors (Lipinski definition) is 0. The molecule has 0 fully saturated rings. The number of benzene rings is 1. The Hall–Kier alpha value is -1.71. The Labute approximate surface area is 120 Å². The molecular formula is C16H22O4. The molecule has 0 saturated carbocycles. The molecule has 1 aromatic rings. The van der Waals surface area contributed by atoms with Crippen molar-refractivity contribution < 1.29 is 19.0 Å². The van der Waals surface area contributed by atoms with Gasteiger partial charge in [0.2, 0.25) is 5.79 Å². The van der Waals surface area contributed by atoms with Crippen molar-refractivity contribution in [2.75, 3.05) is 6.61 Å². The molecule has 0 atom stereocenters. The zero-order valence-corrected chi connectivity index (χ0v) is 12.8. The molecule has 110 valence electrons. The Morgan fingerprint density at radius 1 is 1.20 bits per heavy atom. The third-order valence-electron chi connectivity index (χ3n) is 3.00. The zero-order valence-electron chi connectivity index (χ0n) is 12.8. The molecule has 0 aromatic heterocycles. The maximum absolute atomic E-state index is 12.1. The predicted octanol–water partition coefficient (Wildman–Crippen LogP) is 3.79. The molecular weight excluding hydrogens is 256 g/mol. The van der Waals surface area contributed by atoms with E-state index in [4.69, 9.17) is 14.2 Å². The van der Waals surface area contributed by atoms with E-state index in [1.165, 1.54) is 0 Å². The highest BCUT2D eigenvalue weighted by Gasteiger charge is 2.36. The van der Waals surface area contributed by atoms with Crippen molar-refractivity contribution in [2.45, 2.75) is 46.8 Å². The fourth-order valence-corrected chi connectivity index (χ4v) is 1.94. The lowest BCUT2D eigenvalue weighted by atomic mass is 9.93. The van der Waals surface area contributed by atoms with Crippen LogP contribution in [0.15, 0.2) is 18.2 Å². The SMILES string of the molecule is CC(C)(C)CCOc1cccc2c1C(=O)OC(C)(C)O2. The summed E-state index contributed by atoms with van der Waals surface area (Å²) in [7, 11) is 0. The van der Waals surface area contributed by atoms with Crippen LogP contribution in [0, 0.1) is 5.41 Å². The molecule has 1 heterocycles. The Balaban J connectivity index is 2.18. The van der Waals surface area contributed by atoms with Gasteiger partial charge in [-0.3, -0.25) is 0 Å². The molecule has 1 aliphatic heterocycles. The van der Waals surface area contributed by atoms with Crippen LogP contribution in [0.4, 0.5) is 0 Å². The van der Waals surface area contributed by atoms with Crippen molar-refractivity contribution in [3.63, 3.8) is 0 Å². The van der Waals surface area contributed by atoms with E-state index < -0.39 is 11.8 Å². The van der Waals surface area contributed by atoms with Crippen molar-refractivity contribution in [2.24, 2.45) is 5.41 Å². The number of cyclic esters (lactones) is 1. The van der Waals surface area contributed by atoms with E-state index in [0.717, 1.165) is 6.42 Å². The summed E-state index contributed by atoms with van der Waals surface area (Å²) in [6.45, 7) is 10.4. The summed E-state index contributed by atoms with van der Waals surface area (Å²) in [6.07, 6.45) is 0.901. The van der Waals surface area contributed by atoms with Crippen LogP contribution in [0.1, 0.15) is 51.4 Å². The first-order chi connectivity index (χ1) is 9.18. The largest absolute Gasteiger partial charge is 0.493 e. The smallest absolute Gasteiger partial charge is 0.349 e. The molecule has 1 aromatic carbocycles. The zero-order chi connectivity index (χ0) is 15.0. The molecule has 0 amide bonds. The minimum atomic E-state index is -0.936. The first kappa shape index (κ1) is 14.7. The summed E-state index contributed by atoms with van der Waals surface area (Å²) in [6, 6.07) is 5.35. The summed E-state index contributed by atoms with van der Waals surface area (Å²) in [5.41, 5.74) is 0.564. The molecule has 0 N–H and O–H groups in total. The van der Waals surface area contributed by atoms with Crippen molar-refractivity contribution in [1.82, 2.24) is 0 Å². The second-order valence-corrected chi connectivity index (χ2v) is 6.68. The molecule has 0 aliphatic carbocycles. The van der Waals surface area contributed by atoms with E-state index in [1.807, 2.05) is 6.07 Å². The lowest BCUT2D eigenvalue weighted by Gasteiger charge is -2.32. The van der Waals surface area contributed by atoms with Gasteiger partial charge in [-0.2, -0.15) is 0 Å². The maximum atomic E-state index is 12.1. The number of fused-ring (bicyclic) bond motifs is 1. The van der Waals surface area contributed by atoms with Crippen molar-refractivity contribution in [1.29, 1.82) is 0 Å². The van der Waals surface area contributed by atoms with Crippen molar-refractivity contribution in [3.8, 4) is 11.5 Å². The highest BCUT2D eigenvalue weighted by Crippen LogP contribution is 2.37. The molecule has 4 heteroatoms. The first-order valence-electron chi connectivity index (χ1n) is 6.86. The van der Waals surface area contributed by atoms with E-state index in [0.29, 0.717) is 23.7 Å². The summed E-state index contributed by atoms with van der Waals surface area (Å²) < 4.78 is 16.6. The fraction of sp³-hybridized carbons (Fsp3) is 0.562. The maximum Gasteiger partial charge on any atom is 0.349 e. The van der Waals surface area contributed by atoms with Crippen LogP contribution in [0.2, 0.25) is 0 Å². The molecule has 2 rings (SSSR count). The molecule has 0 bridgehead atoms. The molecule has 0 unspecified atom stereocenters. The van der Waals surface area contributed by atoms with Crippen LogP contribution < -0.4 is 9.47 Å². The van der Waals surface area contributed by atoms with Gasteiger partial charge in [-0.1, -0.05) is 26.8 Å². The van der Waals surface area contributed by atoms with Gasteiger partial charge in [-0.05, 0) is 24.0 Å². The predicted molar refractivity (Wildman–Crippen MR) is 76.1 cm³/mol. The van der Waals surface area contributed by atoms with E-state index in [2.05, 4.69) is 20.8 Å². The molecule has 0 spiro atoms. The normalized spacial score (nSPS) is 16.9. The number of carbonyl (C=O) groups is 1. The van der Waals surface area contributed by atoms with Gasteiger partial charge in [0.25, 0.3) is 0 Å². The Morgan fingerprint density at radius 2 is 1.90 bits per heavy atom. The summed E-state index contributed by atoms with van der Waals surface area (Å²) in [4.78, 5) is 12.1. The van der Waals surface area contributed by atoms with Crippen LogP contribution in [0.25, 0.3) is 0 Å². The molecule has 0 saturated heterocycles. The number of hydrogen-bond acceptors (Lipinski definition) is 4. The fourth-order valence-electron chi connectivity index (χ4n) is 1.94. The Bertz CT molecular complexity index is 512. The van der Waals surface area contributed by atoms with E-state index in [9.17, 15) is 4.79 Å². The van der Waals surface area contributed by atoms with Gasteiger partial charge < -0.3 is 14.2 Å². The third kappa shape index (κ3) is 3.44. The molecule has 1 aliphatic rings. The Kier molecular flexibility index (Phi) is 3.67. The second-order valence-electron chi connectivity index (χ2n) is 6.68. The van der Waals surface area contributed by atoms with Crippen LogP contribution in [-0.4, -0.2) is 18.4 Å². The van der Waals surface area contributed by atoms with Crippen LogP contribution in [0.5, 0.6) is 11.5 Å². The van der Waals surface area contributed by atoms with Gasteiger partial charge in [-0.15, -0.1) is 0 Å². The van der Waals surface area contributed by atoms with Gasteiger partial charge in [0.05, 0.1) is 6.61 Å². The van der Waals surface area contributed by atoms with E-state index >= 15 is 0 Å². The monoisotopic (exact) mass is 278 g/mol. The summed E-state index contributed by atoms with van der Waals surface area (Å²) in [5, 5.41) is 0. The summed E-state index contributed by atoms with van der Waals surface area (Å²) in [5.74, 6) is -0.303. The lowest BCUT2D eigenvalue weighted by molar-refractivity contribution is -0.127. The quantitative estimate of drug-likeness (QED) is 0.789. The highest BCUT2D eigenvalue weighted by atomic mass is 16.7. The van der Waals surface area contributed by atoms with Gasteiger partial charge in [-0.25, -0.2) is 4.79 Å². The minimum Gasteiger partial charge on any atom is -0.493 e. The van der Waals surface area contributed by atoms with Gasteiger partial charge in [0.15, 0.2) is 0 Å². The lowest BCUT2D eigenvalue weighted by Crippen LogP contribution is -2.39. The van der Waals surface area contributed by atoms with E-state index in [-0.39, 0.29) is 5.41 Å². The van der Waals surface area contributed by atoms with Gasteiger partial charge in [0.1, 0.15) is 17.1 Å². The first-order valence-corrected chi connectivity index (χ1v) is 6.86. The Morgan fingerprint density at radius 3 is 2.55 bits per heavy atom. The van der Waals surface area contributed by atoms with Crippen LogP contribution in [0.3, 0.4) is 0 Å². The van der Waals surface area contributed by atoms with Crippen molar-refractivity contribution >= 4 is 5.97 Å². The average Bonchev–Trinajstić information content (AvgIpc) is 2.24. The topological polar surface area (TPSA) is 44.8 Å². The molecule has 20 heavy (non-hydrogen) atoms. The van der Waals surface area contributed by atoms with Crippen LogP contribution >= 0.6 is 0 Å². The van der Waals surface area contributed by atoms with Gasteiger partial charge in [0, 0.05) is 13.8 Å². The molecule has 4 nitrogen and oxygen atoms in total. The van der Waals surface area contributed by atoms with Crippen LogP contribution in [-0.2, 0) is 4.74 Å². The number of carbonyl (C=O) groups excluding carboxylic acids is 1. The van der Waals surface area contributed by atoms with Crippen molar-refractivity contribution in [3.05, 3.63) is 23.8 Å². The highest BCUT2D eigenvalue weighted by molar-refractivity contribution is 5.96. The second kappa shape index (κ2) is 5.00. The molecule has 0 radical (unpaired) electrons. The van der Waals surface area contributed by atoms with E-state index in [1.54, 1.807) is 26.0 Å². The van der Waals surface area contributed by atoms with Gasteiger partial charge >= 0.3 is 5.97 Å². The number of esters is 1. The number of ether oxygens (including phenoxy) is 3. The average molecular weight is 278 g/mol. The minimum absolute atomic E-state index is 0.188. The number of rotatable bonds is 3. The standard InChI is InChI=1S/C16H22O4/c1-15(2,3)9-10-18-11-7-6-8-12-13(11)14(17)20-16(4,5)19-12/h6-8H,9-10H2,1-5H3. The summed E-state index contributed by atoms with van der Waals surface area (Å²) >= 11 is 0. The third-order valence-corrected chi connectivity index (χ3v) is 3.00.